The first-order valence-corrected chi connectivity index (χ1v) is 4.72. The summed E-state index contributed by atoms with van der Waals surface area (Å²) in [5.41, 5.74) is 0. The molecule has 0 fully saturated rings. The Morgan fingerprint density at radius 1 is 1.70 bits per heavy atom. The van der Waals surface area contributed by atoms with Crippen LogP contribution in [0.1, 0.15) is 11.4 Å². The van der Waals surface area contributed by atoms with Gasteiger partial charge in [0, 0.05) is 0 Å². The van der Waals surface area contributed by atoms with E-state index < -0.39 is 6.43 Å². The molecule has 0 saturated carbocycles. The SMILES string of the molecule is FC(F)c1ncc(SCl)s1. The Labute approximate surface area is 68.9 Å². The molecule has 0 amide bonds. The zero-order chi connectivity index (χ0) is 7.56. The van der Waals surface area contributed by atoms with Crippen LogP contribution in [-0.4, -0.2) is 4.98 Å². The van der Waals surface area contributed by atoms with Gasteiger partial charge in [0.1, 0.15) is 0 Å². The number of hydrogen-bond acceptors (Lipinski definition) is 3. The van der Waals surface area contributed by atoms with Crippen molar-refractivity contribution in [3.63, 3.8) is 0 Å². The average molecular weight is 202 g/mol. The summed E-state index contributed by atoms with van der Waals surface area (Å²) in [6, 6.07) is 0. The van der Waals surface area contributed by atoms with E-state index >= 15 is 0 Å². The lowest BCUT2D eigenvalue weighted by Crippen LogP contribution is -1.77. The van der Waals surface area contributed by atoms with E-state index in [0.717, 1.165) is 22.3 Å². The van der Waals surface area contributed by atoms with Gasteiger partial charge in [0.05, 0.1) is 10.4 Å². The molecular weight excluding hydrogens is 200 g/mol. The van der Waals surface area contributed by atoms with E-state index in [1.54, 1.807) is 0 Å². The van der Waals surface area contributed by atoms with Crippen LogP contribution in [0, 0.1) is 0 Å². The molecule has 1 aromatic rings. The van der Waals surface area contributed by atoms with Gasteiger partial charge in [0.25, 0.3) is 6.43 Å². The summed E-state index contributed by atoms with van der Waals surface area (Å²) < 4.78 is 24.2. The summed E-state index contributed by atoms with van der Waals surface area (Å²) >= 11 is 0.911. The molecule has 56 valence electrons. The van der Waals surface area contributed by atoms with Crippen molar-refractivity contribution in [1.29, 1.82) is 0 Å². The smallest absolute Gasteiger partial charge is 0.242 e. The van der Waals surface area contributed by atoms with Crippen molar-refractivity contribution in [2.45, 2.75) is 10.6 Å². The maximum atomic E-state index is 11.8. The Hall–Kier alpha value is 0.130. The van der Waals surface area contributed by atoms with Crippen molar-refractivity contribution in [3.05, 3.63) is 11.2 Å². The molecule has 1 heterocycles. The molecule has 1 aromatic heterocycles. The molecule has 0 spiro atoms. The maximum Gasteiger partial charge on any atom is 0.289 e. The molecule has 0 aliphatic carbocycles. The van der Waals surface area contributed by atoms with E-state index in [4.69, 9.17) is 10.7 Å². The first-order chi connectivity index (χ1) is 4.74. The lowest BCUT2D eigenvalue weighted by molar-refractivity contribution is 0.151. The predicted molar refractivity (Wildman–Crippen MR) is 38.8 cm³/mol. The lowest BCUT2D eigenvalue weighted by atomic mass is 10.7. The molecule has 0 N–H and O–H groups in total. The number of rotatable bonds is 2. The van der Waals surface area contributed by atoms with Gasteiger partial charge in [-0.1, -0.05) is 0 Å². The molecule has 10 heavy (non-hydrogen) atoms. The molecule has 0 radical (unpaired) electrons. The second-order valence-corrected chi connectivity index (χ2v) is 3.77. The molecule has 6 heteroatoms. The maximum absolute atomic E-state index is 11.8. The highest BCUT2D eigenvalue weighted by Crippen LogP contribution is 2.32. The highest BCUT2D eigenvalue weighted by molar-refractivity contribution is 8.22. The number of halogens is 3. The van der Waals surface area contributed by atoms with Crippen LogP contribution in [0.3, 0.4) is 0 Å². The molecule has 0 unspecified atom stereocenters. The summed E-state index contributed by atoms with van der Waals surface area (Å²) in [5, 5.41) is -0.178. The van der Waals surface area contributed by atoms with Crippen molar-refractivity contribution in [2.24, 2.45) is 0 Å². The van der Waals surface area contributed by atoms with E-state index in [9.17, 15) is 8.78 Å². The van der Waals surface area contributed by atoms with E-state index in [1.807, 2.05) is 0 Å². The zero-order valence-electron chi connectivity index (χ0n) is 4.55. The van der Waals surface area contributed by atoms with Crippen LogP contribution in [0.25, 0.3) is 0 Å². The Morgan fingerprint density at radius 2 is 2.40 bits per heavy atom. The van der Waals surface area contributed by atoms with Crippen LogP contribution < -0.4 is 0 Å². The van der Waals surface area contributed by atoms with Crippen LogP contribution in [0.2, 0.25) is 0 Å². The van der Waals surface area contributed by atoms with Gasteiger partial charge in [0.2, 0.25) is 0 Å². The normalized spacial score (nSPS) is 10.8. The molecule has 0 aliphatic rings. The molecule has 0 aromatic carbocycles. The van der Waals surface area contributed by atoms with E-state index in [1.165, 1.54) is 6.20 Å². The van der Waals surface area contributed by atoms with Crippen molar-refractivity contribution >= 4 is 33.0 Å². The van der Waals surface area contributed by atoms with Crippen LogP contribution in [0.4, 0.5) is 8.78 Å². The fraction of sp³-hybridized carbons (Fsp3) is 0.250. The quantitative estimate of drug-likeness (QED) is 0.728. The van der Waals surface area contributed by atoms with Crippen LogP contribution in [-0.2, 0) is 0 Å². The van der Waals surface area contributed by atoms with Gasteiger partial charge in [-0.05, 0) is 21.7 Å². The molecule has 1 rings (SSSR count). The van der Waals surface area contributed by atoms with Gasteiger partial charge in [-0.15, -0.1) is 11.3 Å². The van der Waals surface area contributed by atoms with E-state index in [0.29, 0.717) is 4.21 Å². The molecule has 1 nitrogen and oxygen atoms in total. The Bertz CT molecular complexity index is 215. The third-order valence-electron chi connectivity index (χ3n) is 0.765. The summed E-state index contributed by atoms with van der Waals surface area (Å²) in [5.74, 6) is 0. The summed E-state index contributed by atoms with van der Waals surface area (Å²) in [6.45, 7) is 0. The third kappa shape index (κ3) is 1.81. The summed E-state index contributed by atoms with van der Waals surface area (Å²) in [6.07, 6.45) is -1.15. The van der Waals surface area contributed by atoms with Crippen molar-refractivity contribution in [3.8, 4) is 0 Å². The molecule has 0 bridgehead atoms. The van der Waals surface area contributed by atoms with Gasteiger partial charge in [0.15, 0.2) is 5.01 Å². The minimum absolute atomic E-state index is 0.178. The van der Waals surface area contributed by atoms with Gasteiger partial charge in [-0.25, -0.2) is 13.8 Å². The van der Waals surface area contributed by atoms with Crippen LogP contribution in [0.15, 0.2) is 10.4 Å². The largest absolute Gasteiger partial charge is 0.289 e. The first-order valence-electron chi connectivity index (χ1n) is 2.26. The topological polar surface area (TPSA) is 12.9 Å². The third-order valence-corrected chi connectivity index (χ3v) is 3.10. The standard InChI is InChI=1S/C4H2ClF2NS2/c5-10-2-1-8-4(9-2)3(6)7/h1,3H. The Kier molecular flexibility index (Phi) is 2.88. The van der Waals surface area contributed by atoms with E-state index in [2.05, 4.69) is 4.98 Å². The van der Waals surface area contributed by atoms with Crippen molar-refractivity contribution in [2.75, 3.05) is 0 Å². The number of aromatic nitrogens is 1. The van der Waals surface area contributed by atoms with Gasteiger partial charge in [-0.2, -0.15) is 0 Å². The predicted octanol–water partition coefficient (Wildman–Crippen LogP) is 3.33. The zero-order valence-corrected chi connectivity index (χ0v) is 6.94. The minimum Gasteiger partial charge on any atom is -0.242 e. The molecule has 0 atom stereocenters. The van der Waals surface area contributed by atoms with Crippen molar-refractivity contribution in [1.82, 2.24) is 4.98 Å². The number of hydrogen-bond donors (Lipinski definition) is 0. The highest BCUT2D eigenvalue weighted by atomic mass is 35.7. The van der Waals surface area contributed by atoms with Crippen molar-refractivity contribution < 1.29 is 8.78 Å². The van der Waals surface area contributed by atoms with Gasteiger partial charge >= 0.3 is 0 Å². The number of nitrogens with zero attached hydrogens (tertiary/aromatic N) is 1. The Morgan fingerprint density at radius 3 is 2.70 bits per heavy atom. The second-order valence-electron chi connectivity index (χ2n) is 1.40. The fourth-order valence-electron chi connectivity index (χ4n) is 0.409. The minimum atomic E-state index is -2.48. The average Bonchev–Trinajstić information content (AvgIpc) is 2.34. The monoisotopic (exact) mass is 201 g/mol. The molecule has 0 aliphatic heterocycles. The Balaban J connectivity index is 2.78. The highest BCUT2D eigenvalue weighted by Gasteiger charge is 2.11. The fourth-order valence-corrected chi connectivity index (χ4v) is 1.79. The molecular formula is C4H2ClF2NS2. The summed E-state index contributed by atoms with van der Waals surface area (Å²) in [7, 11) is 6.19. The number of alkyl halides is 2. The number of thiazole rings is 1. The lowest BCUT2D eigenvalue weighted by Gasteiger charge is -1.86. The van der Waals surface area contributed by atoms with E-state index in [-0.39, 0.29) is 5.01 Å². The first kappa shape index (κ1) is 8.23. The van der Waals surface area contributed by atoms with Gasteiger partial charge < -0.3 is 0 Å². The second kappa shape index (κ2) is 3.50. The summed E-state index contributed by atoms with van der Waals surface area (Å²) in [4.78, 5) is 3.45. The van der Waals surface area contributed by atoms with Crippen LogP contribution >= 0.6 is 33.0 Å². The molecule has 0 saturated heterocycles. The van der Waals surface area contributed by atoms with Gasteiger partial charge in [-0.3, -0.25) is 0 Å². The van der Waals surface area contributed by atoms with Crippen LogP contribution in [0.5, 0.6) is 0 Å².